The second kappa shape index (κ2) is 6.50. The molecule has 118 valence electrons. The van der Waals surface area contributed by atoms with Gasteiger partial charge in [0.25, 0.3) is 0 Å². The van der Waals surface area contributed by atoms with Gasteiger partial charge in [0, 0.05) is 18.6 Å². The first kappa shape index (κ1) is 16.5. The van der Waals surface area contributed by atoms with Crippen molar-refractivity contribution in [3.8, 4) is 0 Å². The lowest BCUT2D eigenvalue weighted by Gasteiger charge is -2.42. The van der Waals surface area contributed by atoms with Crippen molar-refractivity contribution in [3.05, 3.63) is 35.9 Å². The Balaban J connectivity index is 2.15. The number of likely N-dealkylation sites (tertiary alicyclic amines) is 1. The lowest BCUT2D eigenvalue weighted by atomic mass is 9.80. The van der Waals surface area contributed by atoms with Crippen molar-refractivity contribution in [3.63, 3.8) is 0 Å². The number of hydrogen-bond acceptors (Lipinski definition) is 2. The number of rotatable bonds is 5. The van der Waals surface area contributed by atoms with E-state index in [0.29, 0.717) is 5.41 Å². The van der Waals surface area contributed by atoms with Gasteiger partial charge in [-0.05, 0) is 42.7 Å². The van der Waals surface area contributed by atoms with Gasteiger partial charge < -0.3 is 5.73 Å². The van der Waals surface area contributed by atoms with E-state index in [1.165, 1.54) is 25.1 Å². The van der Waals surface area contributed by atoms with Crippen LogP contribution in [0, 0.1) is 11.3 Å². The standard InChI is InChI=1S/C19H32N2/c1-5-19(15-20,13-16-9-7-6-8-10-16)21-12-11-17(14-21)18(2,3)4/h6-10,17H,5,11-15,20H2,1-4H3. The summed E-state index contributed by atoms with van der Waals surface area (Å²) in [4.78, 5) is 2.68. The number of hydrogen-bond donors (Lipinski definition) is 1. The second-order valence-electron chi connectivity index (χ2n) is 7.74. The van der Waals surface area contributed by atoms with Crippen LogP contribution in [0.1, 0.15) is 46.1 Å². The fourth-order valence-corrected chi connectivity index (χ4v) is 3.68. The molecule has 0 amide bonds. The van der Waals surface area contributed by atoms with Gasteiger partial charge in [0.15, 0.2) is 0 Å². The topological polar surface area (TPSA) is 29.3 Å². The zero-order valence-electron chi connectivity index (χ0n) is 14.2. The fraction of sp³-hybridized carbons (Fsp3) is 0.684. The molecule has 2 nitrogen and oxygen atoms in total. The molecule has 0 spiro atoms. The molecule has 0 aliphatic carbocycles. The summed E-state index contributed by atoms with van der Waals surface area (Å²) in [7, 11) is 0. The quantitative estimate of drug-likeness (QED) is 0.895. The highest BCUT2D eigenvalue weighted by atomic mass is 15.2. The Morgan fingerprint density at radius 2 is 1.86 bits per heavy atom. The van der Waals surface area contributed by atoms with Gasteiger partial charge in [-0.15, -0.1) is 0 Å². The van der Waals surface area contributed by atoms with Crippen LogP contribution >= 0.6 is 0 Å². The average Bonchev–Trinajstić information content (AvgIpc) is 2.96. The molecule has 0 saturated carbocycles. The second-order valence-corrected chi connectivity index (χ2v) is 7.74. The van der Waals surface area contributed by atoms with E-state index in [2.05, 4.69) is 62.9 Å². The lowest BCUT2D eigenvalue weighted by molar-refractivity contribution is 0.102. The molecule has 1 fully saturated rings. The van der Waals surface area contributed by atoms with Crippen LogP contribution in [0.15, 0.2) is 30.3 Å². The van der Waals surface area contributed by atoms with Crippen molar-refractivity contribution >= 4 is 0 Å². The molecule has 2 unspecified atom stereocenters. The summed E-state index contributed by atoms with van der Waals surface area (Å²) >= 11 is 0. The molecule has 1 aliphatic heterocycles. The van der Waals surface area contributed by atoms with E-state index in [1.54, 1.807) is 0 Å². The highest BCUT2D eigenvalue weighted by Crippen LogP contribution is 2.38. The van der Waals surface area contributed by atoms with E-state index in [9.17, 15) is 0 Å². The predicted molar refractivity (Wildman–Crippen MR) is 91.4 cm³/mol. The Kier molecular flexibility index (Phi) is 5.11. The molecule has 1 aromatic rings. The van der Waals surface area contributed by atoms with Gasteiger partial charge in [0.05, 0.1) is 0 Å². The predicted octanol–water partition coefficient (Wildman–Crippen LogP) is 3.70. The third kappa shape index (κ3) is 3.67. The fourth-order valence-electron chi connectivity index (χ4n) is 3.68. The smallest absolute Gasteiger partial charge is 0.0369 e. The van der Waals surface area contributed by atoms with Crippen molar-refractivity contribution in [2.24, 2.45) is 17.1 Å². The summed E-state index contributed by atoms with van der Waals surface area (Å²) in [5, 5.41) is 0. The highest BCUT2D eigenvalue weighted by molar-refractivity contribution is 5.18. The molecular weight excluding hydrogens is 256 g/mol. The molecule has 0 radical (unpaired) electrons. The number of nitrogens with two attached hydrogens (primary N) is 1. The van der Waals surface area contributed by atoms with Gasteiger partial charge >= 0.3 is 0 Å². The Hall–Kier alpha value is -0.860. The van der Waals surface area contributed by atoms with Crippen LogP contribution < -0.4 is 5.73 Å². The van der Waals surface area contributed by atoms with Crippen LogP contribution in [0.4, 0.5) is 0 Å². The first-order valence-corrected chi connectivity index (χ1v) is 8.40. The van der Waals surface area contributed by atoms with Crippen LogP contribution in [-0.2, 0) is 6.42 Å². The summed E-state index contributed by atoms with van der Waals surface area (Å²) in [5.41, 5.74) is 8.19. The maximum Gasteiger partial charge on any atom is 0.0369 e. The maximum absolute atomic E-state index is 6.26. The molecular formula is C19H32N2. The van der Waals surface area contributed by atoms with Crippen LogP contribution in [0.2, 0.25) is 0 Å². The van der Waals surface area contributed by atoms with E-state index in [4.69, 9.17) is 5.73 Å². The van der Waals surface area contributed by atoms with Crippen molar-refractivity contribution in [2.45, 2.75) is 52.5 Å². The van der Waals surface area contributed by atoms with Crippen molar-refractivity contribution in [1.82, 2.24) is 4.90 Å². The van der Waals surface area contributed by atoms with Gasteiger partial charge in [-0.3, -0.25) is 4.90 Å². The molecule has 2 rings (SSSR count). The molecule has 1 aromatic carbocycles. The van der Waals surface area contributed by atoms with E-state index in [-0.39, 0.29) is 5.54 Å². The van der Waals surface area contributed by atoms with Crippen LogP contribution in [0.5, 0.6) is 0 Å². The maximum atomic E-state index is 6.26. The van der Waals surface area contributed by atoms with Gasteiger partial charge in [0.1, 0.15) is 0 Å². The van der Waals surface area contributed by atoms with Crippen LogP contribution in [-0.4, -0.2) is 30.1 Å². The lowest BCUT2D eigenvalue weighted by Crippen LogP contribution is -2.54. The van der Waals surface area contributed by atoms with Gasteiger partial charge in [-0.1, -0.05) is 58.0 Å². The highest BCUT2D eigenvalue weighted by Gasteiger charge is 2.41. The minimum Gasteiger partial charge on any atom is -0.329 e. The molecule has 1 aliphatic rings. The minimum atomic E-state index is 0.126. The zero-order valence-corrected chi connectivity index (χ0v) is 14.2. The SMILES string of the molecule is CCC(CN)(Cc1ccccc1)N1CCC(C(C)(C)C)C1. The first-order chi connectivity index (χ1) is 9.91. The van der Waals surface area contributed by atoms with Crippen molar-refractivity contribution in [2.75, 3.05) is 19.6 Å². The minimum absolute atomic E-state index is 0.126. The Labute approximate surface area is 130 Å². The third-order valence-electron chi connectivity index (χ3n) is 5.50. The van der Waals surface area contributed by atoms with Crippen LogP contribution in [0.3, 0.4) is 0 Å². The Morgan fingerprint density at radius 1 is 1.19 bits per heavy atom. The molecule has 2 N–H and O–H groups in total. The van der Waals surface area contributed by atoms with Crippen molar-refractivity contribution < 1.29 is 0 Å². The summed E-state index contributed by atoms with van der Waals surface area (Å²) in [6.07, 6.45) is 3.49. The number of nitrogens with zero attached hydrogens (tertiary/aromatic N) is 1. The van der Waals surface area contributed by atoms with Crippen LogP contribution in [0.25, 0.3) is 0 Å². The largest absolute Gasteiger partial charge is 0.329 e. The normalized spacial score (nSPS) is 23.2. The molecule has 2 atom stereocenters. The first-order valence-electron chi connectivity index (χ1n) is 8.40. The summed E-state index contributed by atoms with van der Waals surface area (Å²) in [6.45, 7) is 12.5. The van der Waals surface area contributed by atoms with E-state index >= 15 is 0 Å². The van der Waals surface area contributed by atoms with Gasteiger partial charge in [-0.25, -0.2) is 0 Å². The van der Waals surface area contributed by atoms with Gasteiger partial charge in [-0.2, -0.15) is 0 Å². The Morgan fingerprint density at radius 3 is 2.33 bits per heavy atom. The van der Waals surface area contributed by atoms with E-state index < -0.39 is 0 Å². The summed E-state index contributed by atoms with van der Waals surface area (Å²) in [5.74, 6) is 0.783. The molecule has 2 heteroatoms. The molecule has 1 saturated heterocycles. The average molecular weight is 288 g/mol. The molecule has 0 aromatic heterocycles. The van der Waals surface area contributed by atoms with E-state index in [0.717, 1.165) is 25.3 Å². The van der Waals surface area contributed by atoms with Gasteiger partial charge in [0.2, 0.25) is 0 Å². The monoisotopic (exact) mass is 288 g/mol. The van der Waals surface area contributed by atoms with E-state index in [1.807, 2.05) is 0 Å². The van der Waals surface area contributed by atoms with Crippen molar-refractivity contribution in [1.29, 1.82) is 0 Å². The summed E-state index contributed by atoms with van der Waals surface area (Å²) < 4.78 is 0. The molecule has 21 heavy (non-hydrogen) atoms. The number of benzene rings is 1. The molecule has 0 bridgehead atoms. The molecule has 1 heterocycles. The Bertz CT molecular complexity index is 429. The summed E-state index contributed by atoms with van der Waals surface area (Å²) in [6, 6.07) is 10.8. The third-order valence-corrected chi connectivity index (χ3v) is 5.50. The zero-order chi connectivity index (χ0) is 15.5.